The van der Waals surface area contributed by atoms with Gasteiger partial charge in [-0.15, -0.1) is 34.0 Å². The van der Waals surface area contributed by atoms with Gasteiger partial charge in [-0.25, -0.2) is 0 Å². The molecule has 6 heterocycles. The third-order valence-corrected chi connectivity index (χ3v) is 13.5. The molecule has 238 valence electrons. The second kappa shape index (κ2) is 11.4. The van der Waals surface area contributed by atoms with Gasteiger partial charge in [0.15, 0.2) is 0 Å². The van der Waals surface area contributed by atoms with Gasteiger partial charge >= 0.3 is 0 Å². The Morgan fingerprint density at radius 2 is 0.843 bits per heavy atom. The van der Waals surface area contributed by atoms with E-state index >= 15 is 0 Å². The Morgan fingerprint density at radius 1 is 0.314 bits per heavy atom. The number of hydrogen-bond donors (Lipinski definition) is 0. The number of aromatic nitrogens is 3. The van der Waals surface area contributed by atoms with Crippen molar-refractivity contribution in [1.29, 1.82) is 0 Å². The van der Waals surface area contributed by atoms with Crippen molar-refractivity contribution in [2.75, 3.05) is 0 Å². The molecule has 0 saturated carbocycles. The molecule has 0 unspecified atom stereocenters. The number of pyridine rings is 3. The van der Waals surface area contributed by atoms with E-state index in [4.69, 9.17) is 15.0 Å². The molecule has 0 atom stereocenters. The third-order valence-electron chi connectivity index (χ3n) is 9.89. The lowest BCUT2D eigenvalue weighted by molar-refractivity contribution is 1.42. The van der Waals surface area contributed by atoms with Gasteiger partial charge in [-0.3, -0.25) is 15.0 Å². The first-order valence-electron chi connectivity index (χ1n) is 16.8. The zero-order valence-electron chi connectivity index (χ0n) is 27.0. The summed E-state index contributed by atoms with van der Waals surface area (Å²) in [6.07, 6.45) is 5.90. The Labute approximate surface area is 304 Å². The van der Waals surface area contributed by atoms with Crippen molar-refractivity contribution in [1.82, 2.24) is 15.0 Å². The van der Waals surface area contributed by atoms with E-state index in [9.17, 15) is 0 Å². The van der Waals surface area contributed by atoms with Gasteiger partial charge in [-0.2, -0.15) is 0 Å². The van der Waals surface area contributed by atoms with Gasteiger partial charge in [-0.1, -0.05) is 97.1 Å². The Hall–Kier alpha value is -5.79. The fourth-order valence-electron chi connectivity index (χ4n) is 7.55. The van der Waals surface area contributed by atoms with E-state index in [1.54, 1.807) is 0 Å². The van der Waals surface area contributed by atoms with Crippen molar-refractivity contribution < 1.29 is 0 Å². The average Bonchev–Trinajstić information content (AvgIpc) is 3.89. The highest BCUT2D eigenvalue weighted by molar-refractivity contribution is 7.27. The van der Waals surface area contributed by atoms with Crippen LogP contribution in [0.15, 0.2) is 152 Å². The number of fused-ring (bicyclic) bond motifs is 9. The van der Waals surface area contributed by atoms with Crippen molar-refractivity contribution in [2.45, 2.75) is 0 Å². The summed E-state index contributed by atoms with van der Waals surface area (Å²) in [6, 6.07) is 48.0. The molecule has 11 aromatic rings. The highest BCUT2D eigenvalue weighted by Crippen LogP contribution is 2.48. The fraction of sp³-hybridized carbons (Fsp3) is 0. The Kier molecular flexibility index (Phi) is 6.46. The van der Waals surface area contributed by atoms with Crippen LogP contribution in [0, 0.1) is 0 Å². The molecule has 0 amide bonds. The van der Waals surface area contributed by atoms with E-state index in [0.717, 1.165) is 16.6 Å². The molecule has 0 radical (unpaired) electrons. The van der Waals surface area contributed by atoms with Crippen molar-refractivity contribution in [3.63, 3.8) is 0 Å². The van der Waals surface area contributed by atoms with Crippen LogP contribution in [0.4, 0.5) is 0 Å². The maximum absolute atomic E-state index is 4.99. The van der Waals surface area contributed by atoms with Crippen LogP contribution in [0.2, 0.25) is 0 Å². The minimum absolute atomic E-state index is 1.04. The number of rotatable bonds is 4. The summed E-state index contributed by atoms with van der Waals surface area (Å²) in [5.41, 5.74) is 12.7. The molecule has 0 aliphatic rings. The second-order valence-electron chi connectivity index (χ2n) is 12.7. The molecule has 11 rings (SSSR count). The fourth-order valence-corrected chi connectivity index (χ4v) is 11.3. The molecular weight excluding hydrogens is 679 g/mol. The van der Waals surface area contributed by atoms with Crippen molar-refractivity contribution in [3.8, 4) is 44.5 Å². The quantitative estimate of drug-likeness (QED) is 0.183. The highest BCUT2D eigenvalue weighted by atomic mass is 32.1. The topological polar surface area (TPSA) is 38.7 Å². The van der Waals surface area contributed by atoms with Crippen molar-refractivity contribution >= 4 is 94.9 Å². The molecule has 0 aliphatic carbocycles. The molecule has 0 saturated heterocycles. The minimum Gasteiger partial charge on any atom is -0.255 e. The van der Waals surface area contributed by atoms with E-state index in [-0.39, 0.29) is 0 Å². The van der Waals surface area contributed by atoms with Crippen LogP contribution in [0.25, 0.3) is 105 Å². The molecule has 0 aliphatic heterocycles. The monoisotopic (exact) mass is 703 g/mol. The Morgan fingerprint density at radius 3 is 1.55 bits per heavy atom. The van der Waals surface area contributed by atoms with Crippen molar-refractivity contribution in [2.24, 2.45) is 0 Å². The molecule has 0 fully saturated rings. The Bertz CT molecular complexity index is 3150. The van der Waals surface area contributed by atoms with Gasteiger partial charge in [-0.05, 0) is 64.2 Å². The highest BCUT2D eigenvalue weighted by Gasteiger charge is 2.21. The van der Waals surface area contributed by atoms with E-state index in [0.29, 0.717) is 0 Å². The molecular formula is C45H25N3S3. The molecule has 6 aromatic heterocycles. The second-order valence-corrected chi connectivity index (χ2v) is 15.8. The van der Waals surface area contributed by atoms with Gasteiger partial charge in [0.1, 0.15) is 0 Å². The van der Waals surface area contributed by atoms with Crippen molar-refractivity contribution in [3.05, 3.63) is 152 Å². The molecule has 0 bridgehead atoms. The number of nitrogens with zero attached hydrogens (tertiary/aromatic N) is 3. The number of benzene rings is 5. The van der Waals surface area contributed by atoms with Crippen LogP contribution in [-0.2, 0) is 0 Å². The summed E-state index contributed by atoms with van der Waals surface area (Å²) in [5.74, 6) is 0. The van der Waals surface area contributed by atoms with Crippen LogP contribution < -0.4 is 0 Å². The van der Waals surface area contributed by atoms with Crippen LogP contribution in [-0.4, -0.2) is 15.0 Å². The summed E-state index contributed by atoms with van der Waals surface area (Å²) in [4.78, 5) is 14.8. The molecule has 51 heavy (non-hydrogen) atoms. The summed E-state index contributed by atoms with van der Waals surface area (Å²) >= 11 is 5.48. The molecule has 3 nitrogen and oxygen atoms in total. The van der Waals surface area contributed by atoms with Gasteiger partial charge < -0.3 is 0 Å². The van der Waals surface area contributed by atoms with Gasteiger partial charge in [0, 0.05) is 65.5 Å². The largest absolute Gasteiger partial charge is 0.255 e. The van der Waals surface area contributed by atoms with Crippen LogP contribution in [0.3, 0.4) is 0 Å². The first-order valence-corrected chi connectivity index (χ1v) is 19.3. The van der Waals surface area contributed by atoms with E-state index in [1.807, 2.05) is 52.6 Å². The van der Waals surface area contributed by atoms with Crippen LogP contribution >= 0.6 is 34.0 Å². The molecule has 6 heteroatoms. The predicted molar refractivity (Wildman–Crippen MR) is 220 cm³/mol. The van der Waals surface area contributed by atoms with Gasteiger partial charge in [0.25, 0.3) is 0 Å². The van der Waals surface area contributed by atoms with Gasteiger partial charge in [0.05, 0.1) is 30.6 Å². The lowest BCUT2D eigenvalue weighted by Crippen LogP contribution is -1.90. The Balaban J connectivity index is 1.21. The van der Waals surface area contributed by atoms with Gasteiger partial charge in [0.2, 0.25) is 0 Å². The molecule has 5 aromatic carbocycles. The standard InChI is InChI=1S/C45H25N3S3/c1-2-9-26(10-3-1)28-13-8-14-35-41-45(51-42(28)35)31(20-23-48-41)30-18-17-27(29-19-22-46-39-33-11-4-6-15-37(33)49-43(29)39)25-36(30)32-21-24-47-40-34-12-5-7-16-38(34)50-44(32)40/h1-25H. The summed E-state index contributed by atoms with van der Waals surface area (Å²) < 4.78 is 7.37. The first kappa shape index (κ1) is 29.0. The van der Waals surface area contributed by atoms with E-state index in [2.05, 4.69) is 133 Å². The zero-order chi connectivity index (χ0) is 33.5. The number of thiophene rings is 3. The minimum atomic E-state index is 1.04. The lowest BCUT2D eigenvalue weighted by Gasteiger charge is -2.15. The first-order chi connectivity index (χ1) is 25.3. The molecule has 0 spiro atoms. The number of hydrogen-bond acceptors (Lipinski definition) is 6. The lowest BCUT2D eigenvalue weighted by atomic mass is 9.91. The third kappa shape index (κ3) is 4.44. The van der Waals surface area contributed by atoms with Crippen LogP contribution in [0.1, 0.15) is 0 Å². The summed E-state index contributed by atoms with van der Waals surface area (Å²) in [7, 11) is 0. The van der Waals surface area contributed by atoms with E-state index in [1.165, 1.54) is 88.9 Å². The summed E-state index contributed by atoms with van der Waals surface area (Å²) in [6.45, 7) is 0. The predicted octanol–water partition coefficient (Wildman–Crippen LogP) is 13.6. The zero-order valence-corrected chi connectivity index (χ0v) is 29.4. The maximum atomic E-state index is 4.99. The maximum Gasteiger partial charge on any atom is 0.0894 e. The summed E-state index contributed by atoms with van der Waals surface area (Å²) in [5, 5.41) is 3.59. The SMILES string of the molecule is c1ccc(-c2cccc3c2sc2c(-c4ccc(-c5ccnc6c5sc5ccccc56)cc4-c4ccnc5c4sc4ccccc45)ccnc23)cc1. The smallest absolute Gasteiger partial charge is 0.0894 e. The average molecular weight is 704 g/mol. The normalized spacial score (nSPS) is 11.9. The van der Waals surface area contributed by atoms with E-state index < -0.39 is 0 Å². The van der Waals surface area contributed by atoms with Crippen LogP contribution in [0.5, 0.6) is 0 Å². The molecule has 0 N–H and O–H groups in total.